The van der Waals surface area contributed by atoms with Gasteiger partial charge >= 0.3 is 0 Å². The van der Waals surface area contributed by atoms with Crippen LogP contribution in [0.3, 0.4) is 0 Å². The second kappa shape index (κ2) is 4.86. The van der Waals surface area contributed by atoms with Gasteiger partial charge < -0.3 is 10.6 Å². The number of rotatable bonds is 3. The lowest BCUT2D eigenvalue weighted by Gasteiger charge is -2.11. The molecular weight excluding hydrogens is 246 g/mol. The summed E-state index contributed by atoms with van der Waals surface area (Å²) in [4.78, 5) is 4.07. The van der Waals surface area contributed by atoms with Gasteiger partial charge in [0.05, 0.1) is 16.9 Å². The van der Waals surface area contributed by atoms with Crippen LogP contribution >= 0.6 is 11.6 Å². The number of halogens is 1. The number of hydrogen-bond donors (Lipinski definition) is 2. The number of aromatic nitrogens is 1. The van der Waals surface area contributed by atoms with Gasteiger partial charge in [-0.25, -0.2) is 0 Å². The van der Waals surface area contributed by atoms with Crippen molar-refractivity contribution in [2.75, 3.05) is 17.2 Å². The lowest BCUT2D eigenvalue weighted by Crippen LogP contribution is -2.03. The quantitative estimate of drug-likeness (QED) is 0.888. The van der Waals surface area contributed by atoms with E-state index in [1.54, 1.807) is 18.5 Å². The SMILES string of the molecule is Clc1ccncc1NCc1cccc2c1NCC2. The highest BCUT2D eigenvalue weighted by atomic mass is 35.5. The third kappa shape index (κ3) is 2.14. The number of para-hydroxylation sites is 1. The number of hydrogen-bond acceptors (Lipinski definition) is 3. The Morgan fingerprint density at radius 1 is 1.33 bits per heavy atom. The van der Waals surface area contributed by atoms with Gasteiger partial charge in [0, 0.05) is 25.0 Å². The van der Waals surface area contributed by atoms with E-state index >= 15 is 0 Å². The Bertz CT molecular complexity index is 569. The highest BCUT2D eigenvalue weighted by Crippen LogP contribution is 2.27. The first-order valence-electron chi connectivity index (χ1n) is 6.02. The molecule has 0 spiro atoms. The Hall–Kier alpha value is -1.74. The van der Waals surface area contributed by atoms with E-state index in [9.17, 15) is 0 Å². The number of benzene rings is 1. The average Bonchev–Trinajstić information content (AvgIpc) is 2.86. The van der Waals surface area contributed by atoms with Gasteiger partial charge in [-0.15, -0.1) is 0 Å². The largest absolute Gasteiger partial charge is 0.384 e. The second-order valence-corrected chi connectivity index (χ2v) is 4.74. The zero-order chi connectivity index (χ0) is 12.4. The summed E-state index contributed by atoms with van der Waals surface area (Å²) in [7, 11) is 0. The Labute approximate surface area is 111 Å². The minimum atomic E-state index is 0.700. The number of nitrogens with one attached hydrogen (secondary N) is 2. The van der Waals surface area contributed by atoms with Crippen LogP contribution in [0.5, 0.6) is 0 Å². The summed E-state index contributed by atoms with van der Waals surface area (Å²) in [6, 6.07) is 8.20. The highest BCUT2D eigenvalue weighted by Gasteiger charge is 2.13. The molecule has 3 nitrogen and oxygen atoms in total. The van der Waals surface area contributed by atoms with Crippen LogP contribution in [0, 0.1) is 0 Å². The van der Waals surface area contributed by atoms with E-state index in [2.05, 4.69) is 33.8 Å². The molecule has 0 unspecified atom stereocenters. The molecule has 0 bridgehead atoms. The Balaban J connectivity index is 1.78. The van der Waals surface area contributed by atoms with Gasteiger partial charge in [0.1, 0.15) is 0 Å². The molecule has 0 aliphatic carbocycles. The first-order chi connectivity index (χ1) is 8.84. The van der Waals surface area contributed by atoms with E-state index in [1.165, 1.54) is 16.8 Å². The van der Waals surface area contributed by atoms with Gasteiger partial charge in [0.15, 0.2) is 0 Å². The molecule has 2 N–H and O–H groups in total. The van der Waals surface area contributed by atoms with Crippen molar-refractivity contribution in [1.29, 1.82) is 0 Å². The van der Waals surface area contributed by atoms with Crippen molar-refractivity contribution in [3.63, 3.8) is 0 Å². The van der Waals surface area contributed by atoms with Gasteiger partial charge in [0.2, 0.25) is 0 Å². The number of nitrogens with zero attached hydrogens (tertiary/aromatic N) is 1. The third-order valence-electron chi connectivity index (χ3n) is 3.17. The minimum Gasteiger partial charge on any atom is -0.384 e. The molecule has 1 aliphatic rings. The maximum absolute atomic E-state index is 6.09. The number of fused-ring (bicyclic) bond motifs is 1. The molecule has 4 heteroatoms. The Morgan fingerprint density at radius 2 is 2.28 bits per heavy atom. The standard InChI is InChI=1S/C14H14ClN3/c15-12-5-6-16-9-13(12)18-8-11-3-1-2-10-4-7-17-14(10)11/h1-3,5-6,9,17-18H,4,7-8H2. The molecule has 0 atom stereocenters. The van der Waals surface area contributed by atoms with Crippen LogP contribution in [0.25, 0.3) is 0 Å². The lowest BCUT2D eigenvalue weighted by molar-refractivity contribution is 1.11. The van der Waals surface area contributed by atoms with E-state index in [0.29, 0.717) is 5.02 Å². The summed E-state index contributed by atoms with van der Waals surface area (Å²) in [5.74, 6) is 0. The van der Waals surface area contributed by atoms with Gasteiger partial charge in [-0.05, 0) is 23.6 Å². The monoisotopic (exact) mass is 259 g/mol. The molecule has 1 aromatic heterocycles. The van der Waals surface area contributed by atoms with E-state index in [-0.39, 0.29) is 0 Å². The first-order valence-corrected chi connectivity index (χ1v) is 6.40. The van der Waals surface area contributed by atoms with Crippen molar-refractivity contribution >= 4 is 23.0 Å². The average molecular weight is 260 g/mol. The summed E-state index contributed by atoms with van der Waals surface area (Å²) in [5, 5.41) is 7.46. The fraction of sp³-hybridized carbons (Fsp3) is 0.214. The van der Waals surface area contributed by atoms with Crippen molar-refractivity contribution in [3.05, 3.63) is 52.8 Å². The molecule has 0 saturated heterocycles. The van der Waals surface area contributed by atoms with E-state index in [4.69, 9.17) is 11.6 Å². The second-order valence-electron chi connectivity index (χ2n) is 4.34. The van der Waals surface area contributed by atoms with E-state index < -0.39 is 0 Å². The van der Waals surface area contributed by atoms with Gasteiger partial charge in [-0.2, -0.15) is 0 Å². The maximum Gasteiger partial charge on any atom is 0.0718 e. The van der Waals surface area contributed by atoms with E-state index in [1.807, 2.05) is 0 Å². The molecular formula is C14H14ClN3. The third-order valence-corrected chi connectivity index (χ3v) is 3.50. The van der Waals surface area contributed by atoms with Crippen LogP contribution in [0.2, 0.25) is 5.02 Å². The molecule has 2 heterocycles. The molecule has 1 aromatic carbocycles. The van der Waals surface area contributed by atoms with Crippen molar-refractivity contribution < 1.29 is 0 Å². The first kappa shape index (κ1) is 11.4. The molecule has 3 rings (SSSR count). The number of anilines is 2. The van der Waals surface area contributed by atoms with Crippen LogP contribution in [0.15, 0.2) is 36.7 Å². The van der Waals surface area contributed by atoms with Crippen LogP contribution < -0.4 is 10.6 Å². The summed E-state index contributed by atoms with van der Waals surface area (Å²) in [6.45, 7) is 1.78. The zero-order valence-corrected chi connectivity index (χ0v) is 10.7. The van der Waals surface area contributed by atoms with Gasteiger partial charge in [-0.1, -0.05) is 29.8 Å². The fourth-order valence-electron chi connectivity index (χ4n) is 2.26. The van der Waals surface area contributed by atoms with Crippen LogP contribution in [-0.4, -0.2) is 11.5 Å². The number of pyridine rings is 1. The minimum absolute atomic E-state index is 0.700. The van der Waals surface area contributed by atoms with Crippen molar-refractivity contribution in [3.8, 4) is 0 Å². The summed E-state index contributed by atoms with van der Waals surface area (Å²) >= 11 is 6.09. The lowest BCUT2D eigenvalue weighted by atomic mass is 10.1. The zero-order valence-electron chi connectivity index (χ0n) is 9.91. The Morgan fingerprint density at radius 3 is 3.17 bits per heavy atom. The summed E-state index contributed by atoms with van der Waals surface area (Å²) < 4.78 is 0. The van der Waals surface area contributed by atoms with Crippen molar-refractivity contribution in [1.82, 2.24) is 4.98 Å². The topological polar surface area (TPSA) is 37.0 Å². The Kier molecular flexibility index (Phi) is 3.07. The fourth-order valence-corrected chi connectivity index (χ4v) is 2.43. The molecule has 0 saturated carbocycles. The van der Waals surface area contributed by atoms with Gasteiger partial charge in [-0.3, -0.25) is 4.98 Å². The molecule has 0 radical (unpaired) electrons. The normalized spacial score (nSPS) is 12.9. The molecule has 2 aromatic rings. The summed E-state index contributed by atoms with van der Waals surface area (Å²) in [5.41, 5.74) is 4.80. The van der Waals surface area contributed by atoms with Gasteiger partial charge in [0.25, 0.3) is 0 Å². The predicted molar refractivity (Wildman–Crippen MR) is 75.2 cm³/mol. The molecule has 1 aliphatic heterocycles. The molecule has 92 valence electrons. The smallest absolute Gasteiger partial charge is 0.0718 e. The maximum atomic E-state index is 6.09. The van der Waals surface area contributed by atoms with Crippen molar-refractivity contribution in [2.24, 2.45) is 0 Å². The highest BCUT2D eigenvalue weighted by molar-refractivity contribution is 6.33. The predicted octanol–water partition coefficient (Wildman–Crippen LogP) is 3.32. The molecule has 18 heavy (non-hydrogen) atoms. The molecule has 0 fully saturated rings. The van der Waals surface area contributed by atoms with Crippen molar-refractivity contribution in [2.45, 2.75) is 13.0 Å². The van der Waals surface area contributed by atoms with Crippen LogP contribution in [-0.2, 0) is 13.0 Å². The molecule has 0 amide bonds. The van der Waals surface area contributed by atoms with Crippen LogP contribution in [0.4, 0.5) is 11.4 Å². The summed E-state index contributed by atoms with van der Waals surface area (Å²) in [6.07, 6.45) is 4.55. The van der Waals surface area contributed by atoms with E-state index in [0.717, 1.165) is 25.2 Å². The van der Waals surface area contributed by atoms with Crippen LogP contribution in [0.1, 0.15) is 11.1 Å².